The molecule has 0 amide bonds. The average Bonchev–Trinajstić information content (AvgIpc) is 3.10. The molecule has 0 N–H and O–H groups in total. The topological polar surface area (TPSA) is 61.2 Å². The number of thioether (sulfide) groups is 2. The lowest BCUT2D eigenvalue weighted by Gasteiger charge is -2.17. The number of aromatic nitrogens is 2. The van der Waals surface area contributed by atoms with Crippen molar-refractivity contribution in [3.63, 3.8) is 0 Å². The zero-order valence-electron chi connectivity index (χ0n) is 14.5. The number of hydrogen-bond acceptors (Lipinski definition) is 6. The second-order valence-electron chi connectivity index (χ2n) is 5.65. The number of fused-ring (bicyclic) bond motifs is 1. The van der Waals surface area contributed by atoms with Gasteiger partial charge in [0, 0.05) is 17.2 Å². The van der Waals surface area contributed by atoms with Crippen LogP contribution in [0.5, 0.6) is 0 Å². The molecule has 0 bridgehead atoms. The largest absolute Gasteiger partial charge is 0.465 e. The molecular formula is C18H19ClN2O3S2. The van der Waals surface area contributed by atoms with Crippen LogP contribution in [-0.4, -0.2) is 33.1 Å². The molecule has 0 fully saturated rings. The van der Waals surface area contributed by atoms with Gasteiger partial charge in [-0.1, -0.05) is 30.3 Å². The number of halogens is 1. The van der Waals surface area contributed by atoms with E-state index in [0.29, 0.717) is 33.8 Å². The van der Waals surface area contributed by atoms with Crippen molar-refractivity contribution in [3.8, 4) is 5.69 Å². The summed E-state index contributed by atoms with van der Waals surface area (Å²) >= 11 is 8.79. The maximum atomic E-state index is 13.1. The fraction of sp³-hybridized carbons (Fsp3) is 0.389. The van der Waals surface area contributed by atoms with Gasteiger partial charge in [-0.05, 0) is 37.6 Å². The lowest BCUT2D eigenvalue weighted by Crippen LogP contribution is -2.26. The standard InChI is InChI=1S/C18H19ClN2O3S2/c1-3-14(17(23)24-4-2)26-18-20-13-9-10-25-15(13)16(22)21(18)12-7-5-11(19)6-8-12/h5-8,14H,3-4,9-10H2,1-2H3/t14-/m1/s1. The molecule has 8 heteroatoms. The van der Waals surface area contributed by atoms with Crippen molar-refractivity contribution in [2.24, 2.45) is 0 Å². The summed E-state index contributed by atoms with van der Waals surface area (Å²) in [6, 6.07) is 7.04. The first-order valence-electron chi connectivity index (χ1n) is 8.43. The zero-order valence-corrected chi connectivity index (χ0v) is 16.9. The molecule has 0 saturated heterocycles. The van der Waals surface area contributed by atoms with Crippen molar-refractivity contribution in [3.05, 3.63) is 45.3 Å². The van der Waals surface area contributed by atoms with E-state index < -0.39 is 5.25 Å². The van der Waals surface area contributed by atoms with E-state index in [1.807, 2.05) is 6.92 Å². The molecule has 1 aliphatic rings. The van der Waals surface area contributed by atoms with Crippen LogP contribution in [0.15, 0.2) is 39.1 Å². The Morgan fingerprint density at radius 3 is 2.77 bits per heavy atom. The molecule has 1 atom stereocenters. The maximum absolute atomic E-state index is 13.1. The van der Waals surface area contributed by atoms with E-state index in [9.17, 15) is 9.59 Å². The fourth-order valence-corrected chi connectivity index (χ4v) is 4.85. The first kappa shape index (κ1) is 19.3. The van der Waals surface area contributed by atoms with Crippen LogP contribution in [0.4, 0.5) is 0 Å². The average molecular weight is 411 g/mol. The van der Waals surface area contributed by atoms with E-state index in [1.54, 1.807) is 35.8 Å². The molecule has 0 spiro atoms. The van der Waals surface area contributed by atoms with E-state index in [1.165, 1.54) is 23.5 Å². The first-order valence-corrected chi connectivity index (χ1v) is 10.7. The summed E-state index contributed by atoms with van der Waals surface area (Å²) < 4.78 is 6.72. The number of hydrogen-bond donors (Lipinski definition) is 0. The first-order chi connectivity index (χ1) is 12.5. The van der Waals surface area contributed by atoms with Crippen molar-refractivity contribution in [1.82, 2.24) is 9.55 Å². The quantitative estimate of drug-likeness (QED) is 0.408. The summed E-state index contributed by atoms with van der Waals surface area (Å²) in [7, 11) is 0. The van der Waals surface area contributed by atoms with Crippen molar-refractivity contribution in [2.45, 2.75) is 42.0 Å². The summed E-state index contributed by atoms with van der Waals surface area (Å²) in [6.45, 7) is 4.03. The minimum absolute atomic E-state index is 0.0963. The van der Waals surface area contributed by atoms with Gasteiger partial charge in [-0.25, -0.2) is 4.98 Å². The minimum Gasteiger partial charge on any atom is -0.465 e. The molecular weight excluding hydrogens is 392 g/mol. The highest BCUT2D eigenvalue weighted by atomic mass is 35.5. The third kappa shape index (κ3) is 3.94. The molecule has 0 radical (unpaired) electrons. The molecule has 0 unspecified atom stereocenters. The van der Waals surface area contributed by atoms with E-state index in [0.717, 1.165) is 17.9 Å². The number of carbonyl (C=O) groups is 1. The minimum atomic E-state index is -0.410. The third-order valence-corrected chi connectivity index (χ3v) is 6.57. The molecule has 3 rings (SSSR count). The Bertz CT molecular complexity index is 868. The molecule has 1 aromatic heterocycles. The smallest absolute Gasteiger partial charge is 0.319 e. The Balaban J connectivity index is 2.08. The lowest BCUT2D eigenvalue weighted by molar-refractivity contribution is -0.142. The number of aryl methyl sites for hydroxylation is 1. The van der Waals surface area contributed by atoms with Crippen molar-refractivity contribution in [2.75, 3.05) is 12.4 Å². The highest BCUT2D eigenvalue weighted by Gasteiger charge is 2.26. The summed E-state index contributed by atoms with van der Waals surface area (Å²) in [4.78, 5) is 30.7. The molecule has 5 nitrogen and oxygen atoms in total. The second kappa shape index (κ2) is 8.50. The molecule has 2 heterocycles. The predicted octanol–water partition coefficient (Wildman–Crippen LogP) is 3.97. The van der Waals surface area contributed by atoms with Crippen LogP contribution in [-0.2, 0) is 16.0 Å². The Kier molecular flexibility index (Phi) is 6.32. The molecule has 0 aliphatic carbocycles. The van der Waals surface area contributed by atoms with E-state index in [4.69, 9.17) is 21.3 Å². The van der Waals surface area contributed by atoms with Crippen LogP contribution in [0.3, 0.4) is 0 Å². The van der Waals surface area contributed by atoms with Gasteiger partial charge < -0.3 is 4.74 Å². The van der Waals surface area contributed by atoms with Crippen molar-refractivity contribution in [1.29, 1.82) is 0 Å². The third-order valence-electron chi connectivity index (χ3n) is 3.92. The van der Waals surface area contributed by atoms with Gasteiger partial charge in [0.05, 0.1) is 22.9 Å². The summed E-state index contributed by atoms with van der Waals surface area (Å²) in [5, 5.41) is 0.698. The fourth-order valence-electron chi connectivity index (χ4n) is 2.65. The SMILES string of the molecule is CCOC(=O)[C@@H](CC)Sc1nc2c(c(=O)n1-c1ccc(Cl)cc1)SCC2. The Morgan fingerprint density at radius 1 is 1.38 bits per heavy atom. The van der Waals surface area contributed by atoms with Crippen molar-refractivity contribution >= 4 is 41.1 Å². The Morgan fingerprint density at radius 2 is 2.12 bits per heavy atom. The van der Waals surface area contributed by atoms with Gasteiger partial charge in [-0.2, -0.15) is 0 Å². The molecule has 1 aromatic carbocycles. The Hall–Kier alpha value is -1.44. The van der Waals surface area contributed by atoms with Gasteiger partial charge in [0.2, 0.25) is 0 Å². The summed E-state index contributed by atoms with van der Waals surface area (Å²) in [5.41, 5.74) is 1.40. The predicted molar refractivity (Wildman–Crippen MR) is 106 cm³/mol. The molecule has 26 heavy (non-hydrogen) atoms. The van der Waals surface area contributed by atoms with Gasteiger partial charge in [-0.3, -0.25) is 14.2 Å². The number of carbonyl (C=O) groups excluding carboxylic acids is 1. The highest BCUT2D eigenvalue weighted by molar-refractivity contribution is 8.00. The van der Waals surface area contributed by atoms with Crippen LogP contribution in [0.1, 0.15) is 26.0 Å². The van der Waals surface area contributed by atoms with Gasteiger partial charge >= 0.3 is 5.97 Å². The molecule has 0 saturated carbocycles. The normalized spacial score (nSPS) is 14.1. The van der Waals surface area contributed by atoms with Crippen LogP contribution in [0, 0.1) is 0 Å². The van der Waals surface area contributed by atoms with Gasteiger partial charge in [0.25, 0.3) is 5.56 Å². The van der Waals surface area contributed by atoms with Crippen LogP contribution in [0.2, 0.25) is 5.02 Å². The van der Waals surface area contributed by atoms with Crippen LogP contribution in [0.25, 0.3) is 5.69 Å². The van der Waals surface area contributed by atoms with E-state index in [-0.39, 0.29) is 11.5 Å². The highest BCUT2D eigenvalue weighted by Crippen LogP contribution is 2.32. The monoisotopic (exact) mass is 410 g/mol. The van der Waals surface area contributed by atoms with Gasteiger partial charge in [0.15, 0.2) is 5.16 Å². The molecule has 2 aromatic rings. The number of benzene rings is 1. The molecule has 138 valence electrons. The summed E-state index contributed by atoms with van der Waals surface area (Å²) in [5.74, 6) is 0.563. The van der Waals surface area contributed by atoms with Gasteiger partial charge in [0.1, 0.15) is 5.25 Å². The second-order valence-corrected chi connectivity index (χ2v) is 8.36. The number of esters is 1. The van der Waals surface area contributed by atoms with E-state index >= 15 is 0 Å². The van der Waals surface area contributed by atoms with E-state index in [2.05, 4.69) is 0 Å². The van der Waals surface area contributed by atoms with Crippen molar-refractivity contribution < 1.29 is 9.53 Å². The van der Waals surface area contributed by atoms with Crippen LogP contribution >= 0.6 is 35.1 Å². The van der Waals surface area contributed by atoms with Gasteiger partial charge in [-0.15, -0.1) is 11.8 Å². The van der Waals surface area contributed by atoms with Crippen LogP contribution < -0.4 is 5.56 Å². The maximum Gasteiger partial charge on any atom is 0.319 e. The zero-order chi connectivity index (χ0) is 18.7. The molecule has 1 aliphatic heterocycles. The number of rotatable bonds is 6. The Labute approximate surface area is 165 Å². The number of ether oxygens (including phenoxy) is 1. The lowest BCUT2D eigenvalue weighted by atomic mass is 10.3. The number of nitrogens with zero attached hydrogens (tertiary/aromatic N) is 2. The summed E-state index contributed by atoms with van der Waals surface area (Å²) in [6.07, 6.45) is 1.35.